The van der Waals surface area contributed by atoms with Crippen LogP contribution in [0.5, 0.6) is 5.75 Å². The fraction of sp³-hybridized carbons (Fsp3) is 0.0455. The number of H-pyrrole nitrogens is 1. The van der Waals surface area contributed by atoms with Crippen LogP contribution < -0.4 is 10.1 Å². The number of hydrogen-bond donors (Lipinski definition) is 2. The van der Waals surface area contributed by atoms with Crippen LogP contribution in [0.3, 0.4) is 0 Å². The van der Waals surface area contributed by atoms with Crippen molar-refractivity contribution < 1.29 is 9.53 Å². The molecular formula is C22H16N4O2. The molecule has 6 heteroatoms. The number of aromatic nitrogens is 3. The molecule has 6 nitrogen and oxygen atoms in total. The molecule has 0 unspecified atom stereocenters. The van der Waals surface area contributed by atoms with Crippen LogP contribution in [0.4, 0.5) is 5.69 Å². The third kappa shape index (κ3) is 2.72. The molecule has 2 N–H and O–H groups in total. The molecule has 0 saturated carbocycles. The zero-order valence-corrected chi connectivity index (χ0v) is 15.1. The average molecular weight is 368 g/mol. The Hall–Kier alpha value is -3.93. The first kappa shape index (κ1) is 16.3. The van der Waals surface area contributed by atoms with Crippen molar-refractivity contribution >= 4 is 44.7 Å². The highest BCUT2D eigenvalue weighted by Crippen LogP contribution is 2.25. The van der Waals surface area contributed by atoms with E-state index in [-0.39, 0.29) is 5.91 Å². The summed E-state index contributed by atoms with van der Waals surface area (Å²) in [6.45, 7) is 0. The van der Waals surface area contributed by atoms with Crippen LogP contribution in [0.2, 0.25) is 0 Å². The molecule has 1 amide bonds. The Morgan fingerprint density at radius 1 is 0.964 bits per heavy atom. The van der Waals surface area contributed by atoms with E-state index in [2.05, 4.69) is 15.3 Å². The standard InChI is InChI=1S/C22H16N4O2/c1-28-15-9-7-14(8-10-15)23-22(27)13-6-11-18-19(12-13)24-20-16-4-2-3-5-17(16)25-21(20)26-18/h2-12H,1H3,(H,23,27)(H,25,26). The molecule has 0 aliphatic carbocycles. The first-order chi connectivity index (χ1) is 13.7. The molecule has 2 aromatic heterocycles. The number of benzene rings is 3. The lowest BCUT2D eigenvalue weighted by Gasteiger charge is -2.07. The molecule has 0 aliphatic heterocycles. The number of nitrogens with zero attached hydrogens (tertiary/aromatic N) is 2. The molecule has 2 heterocycles. The van der Waals surface area contributed by atoms with Crippen LogP contribution in [0, 0.1) is 0 Å². The zero-order chi connectivity index (χ0) is 19.1. The molecule has 28 heavy (non-hydrogen) atoms. The van der Waals surface area contributed by atoms with Crippen molar-refractivity contribution in [1.82, 2.24) is 15.0 Å². The Morgan fingerprint density at radius 3 is 2.61 bits per heavy atom. The van der Waals surface area contributed by atoms with Gasteiger partial charge in [-0.2, -0.15) is 0 Å². The van der Waals surface area contributed by atoms with E-state index in [9.17, 15) is 4.79 Å². The first-order valence-electron chi connectivity index (χ1n) is 8.85. The Morgan fingerprint density at radius 2 is 1.79 bits per heavy atom. The van der Waals surface area contributed by atoms with E-state index in [1.807, 2.05) is 30.3 Å². The molecule has 136 valence electrons. The van der Waals surface area contributed by atoms with E-state index in [0.29, 0.717) is 16.8 Å². The van der Waals surface area contributed by atoms with Gasteiger partial charge in [0.05, 0.1) is 18.1 Å². The number of rotatable bonds is 3. The van der Waals surface area contributed by atoms with Gasteiger partial charge >= 0.3 is 0 Å². The number of carbonyl (C=O) groups excluding carboxylic acids is 1. The van der Waals surface area contributed by atoms with Gasteiger partial charge < -0.3 is 15.0 Å². The van der Waals surface area contributed by atoms with E-state index in [1.165, 1.54) is 0 Å². The summed E-state index contributed by atoms with van der Waals surface area (Å²) >= 11 is 0. The molecule has 0 bridgehead atoms. The number of ether oxygens (including phenoxy) is 1. The molecule has 3 aromatic carbocycles. The quantitative estimate of drug-likeness (QED) is 0.490. The molecule has 0 radical (unpaired) electrons. The Kier molecular flexibility index (Phi) is 3.69. The number of para-hydroxylation sites is 1. The van der Waals surface area contributed by atoms with Gasteiger partial charge in [0, 0.05) is 22.2 Å². The lowest BCUT2D eigenvalue weighted by atomic mass is 10.1. The summed E-state index contributed by atoms with van der Waals surface area (Å²) in [6, 6.07) is 20.5. The van der Waals surface area contributed by atoms with Crippen LogP contribution in [-0.2, 0) is 0 Å². The third-order valence-electron chi connectivity index (χ3n) is 4.71. The number of carbonyl (C=O) groups is 1. The highest BCUT2D eigenvalue weighted by atomic mass is 16.5. The summed E-state index contributed by atoms with van der Waals surface area (Å²) in [5, 5.41) is 3.90. The Bertz CT molecular complexity index is 1340. The van der Waals surface area contributed by atoms with Crippen LogP contribution in [0.25, 0.3) is 33.1 Å². The predicted octanol–water partition coefficient (Wildman–Crippen LogP) is 4.53. The van der Waals surface area contributed by atoms with Gasteiger partial charge in [-0.1, -0.05) is 18.2 Å². The van der Waals surface area contributed by atoms with Crippen molar-refractivity contribution in [1.29, 1.82) is 0 Å². The number of anilines is 1. The monoisotopic (exact) mass is 368 g/mol. The van der Waals surface area contributed by atoms with Gasteiger partial charge in [0.25, 0.3) is 5.91 Å². The largest absolute Gasteiger partial charge is 0.497 e. The predicted molar refractivity (Wildman–Crippen MR) is 110 cm³/mol. The van der Waals surface area contributed by atoms with Crippen molar-refractivity contribution in [3.05, 3.63) is 72.3 Å². The maximum absolute atomic E-state index is 12.6. The van der Waals surface area contributed by atoms with Gasteiger partial charge in [0.2, 0.25) is 0 Å². The molecular weight excluding hydrogens is 352 g/mol. The minimum atomic E-state index is -0.201. The summed E-state index contributed by atoms with van der Waals surface area (Å²) in [6.07, 6.45) is 0. The summed E-state index contributed by atoms with van der Waals surface area (Å²) < 4.78 is 5.14. The number of hydrogen-bond acceptors (Lipinski definition) is 4. The molecule has 5 aromatic rings. The number of fused-ring (bicyclic) bond motifs is 4. The smallest absolute Gasteiger partial charge is 0.255 e. The van der Waals surface area contributed by atoms with Crippen LogP contribution in [0.1, 0.15) is 10.4 Å². The van der Waals surface area contributed by atoms with Crippen molar-refractivity contribution in [2.24, 2.45) is 0 Å². The number of methoxy groups -OCH3 is 1. The fourth-order valence-electron chi connectivity index (χ4n) is 3.27. The maximum Gasteiger partial charge on any atom is 0.255 e. The SMILES string of the molecule is COc1ccc(NC(=O)c2ccc3nc4[nH]c5ccccc5c4nc3c2)cc1. The third-order valence-corrected chi connectivity index (χ3v) is 4.71. The molecule has 0 fully saturated rings. The van der Waals surface area contributed by atoms with Crippen LogP contribution in [0.15, 0.2) is 66.7 Å². The van der Waals surface area contributed by atoms with Gasteiger partial charge in [-0.3, -0.25) is 4.79 Å². The molecule has 5 rings (SSSR count). The van der Waals surface area contributed by atoms with E-state index in [0.717, 1.165) is 33.3 Å². The molecule has 0 atom stereocenters. The van der Waals surface area contributed by atoms with Crippen molar-refractivity contribution in [2.75, 3.05) is 12.4 Å². The van der Waals surface area contributed by atoms with Gasteiger partial charge in [0.15, 0.2) is 5.65 Å². The minimum Gasteiger partial charge on any atom is -0.497 e. The first-order valence-corrected chi connectivity index (χ1v) is 8.85. The van der Waals surface area contributed by atoms with Crippen LogP contribution >= 0.6 is 0 Å². The lowest BCUT2D eigenvalue weighted by molar-refractivity contribution is 0.102. The number of aromatic amines is 1. The average Bonchev–Trinajstić information content (AvgIpc) is 3.09. The Balaban J connectivity index is 1.53. The van der Waals surface area contributed by atoms with E-state index < -0.39 is 0 Å². The number of nitrogens with one attached hydrogen (secondary N) is 2. The minimum absolute atomic E-state index is 0.201. The second kappa shape index (κ2) is 6.35. The Labute approximate surface area is 160 Å². The normalized spacial score (nSPS) is 11.2. The maximum atomic E-state index is 12.6. The summed E-state index contributed by atoms with van der Waals surface area (Å²) in [5.74, 6) is 0.537. The summed E-state index contributed by atoms with van der Waals surface area (Å²) in [5.41, 5.74) is 5.17. The number of amides is 1. The summed E-state index contributed by atoms with van der Waals surface area (Å²) in [4.78, 5) is 25.3. The van der Waals surface area contributed by atoms with E-state index >= 15 is 0 Å². The molecule has 0 aliphatic rings. The molecule has 0 saturated heterocycles. The second-order valence-electron chi connectivity index (χ2n) is 6.48. The molecule has 0 spiro atoms. The van der Waals surface area contributed by atoms with Crippen molar-refractivity contribution in [3.63, 3.8) is 0 Å². The second-order valence-corrected chi connectivity index (χ2v) is 6.48. The van der Waals surface area contributed by atoms with Crippen molar-refractivity contribution in [2.45, 2.75) is 0 Å². The van der Waals surface area contributed by atoms with Gasteiger partial charge in [-0.15, -0.1) is 0 Å². The van der Waals surface area contributed by atoms with Crippen LogP contribution in [-0.4, -0.2) is 28.0 Å². The van der Waals surface area contributed by atoms with Gasteiger partial charge in [-0.05, 0) is 48.5 Å². The fourth-order valence-corrected chi connectivity index (χ4v) is 3.27. The highest BCUT2D eigenvalue weighted by molar-refractivity contribution is 6.08. The van der Waals surface area contributed by atoms with E-state index in [1.54, 1.807) is 43.5 Å². The van der Waals surface area contributed by atoms with Gasteiger partial charge in [-0.25, -0.2) is 9.97 Å². The summed E-state index contributed by atoms with van der Waals surface area (Å²) in [7, 11) is 1.61. The van der Waals surface area contributed by atoms with E-state index in [4.69, 9.17) is 9.72 Å². The van der Waals surface area contributed by atoms with Gasteiger partial charge in [0.1, 0.15) is 11.3 Å². The van der Waals surface area contributed by atoms with Crippen molar-refractivity contribution in [3.8, 4) is 5.75 Å². The zero-order valence-electron chi connectivity index (χ0n) is 15.1. The highest BCUT2D eigenvalue weighted by Gasteiger charge is 2.12. The lowest BCUT2D eigenvalue weighted by Crippen LogP contribution is -2.11. The topological polar surface area (TPSA) is 79.9 Å².